The third-order valence-electron chi connectivity index (χ3n) is 2.24. The molecule has 6 heteroatoms. The Morgan fingerprint density at radius 3 is 3.00 bits per heavy atom. The van der Waals surface area contributed by atoms with E-state index >= 15 is 0 Å². The van der Waals surface area contributed by atoms with Crippen LogP contribution in [0.5, 0.6) is 0 Å². The first-order chi connectivity index (χ1) is 7.83. The number of fused-ring (bicyclic) bond motifs is 1. The fourth-order valence-electron chi connectivity index (χ4n) is 1.50. The number of rotatable bonds is 2. The Morgan fingerprint density at radius 1 is 1.25 bits per heavy atom. The summed E-state index contributed by atoms with van der Waals surface area (Å²) in [5, 5.41) is 16.9. The molecular weight excluding hydrogens is 244 g/mol. The van der Waals surface area contributed by atoms with Crippen molar-refractivity contribution in [3.63, 3.8) is 0 Å². The van der Waals surface area contributed by atoms with Crippen molar-refractivity contribution >= 4 is 28.6 Å². The summed E-state index contributed by atoms with van der Waals surface area (Å²) < 4.78 is 1.68. The minimum Gasteiger partial charge on any atom is -0.196 e. The van der Waals surface area contributed by atoms with E-state index in [0.29, 0.717) is 5.15 Å². The fourth-order valence-corrected chi connectivity index (χ4v) is 2.30. The predicted octanol–water partition coefficient (Wildman–Crippen LogP) is 2.43. The van der Waals surface area contributed by atoms with E-state index in [1.54, 1.807) is 28.0 Å². The number of hydrogen-bond acceptors (Lipinski definition) is 4. The van der Waals surface area contributed by atoms with E-state index < -0.39 is 0 Å². The van der Waals surface area contributed by atoms with Crippen LogP contribution >= 0.6 is 22.9 Å². The van der Waals surface area contributed by atoms with Crippen LogP contribution in [0.15, 0.2) is 29.0 Å². The molecule has 80 valence electrons. The predicted molar refractivity (Wildman–Crippen MR) is 62.9 cm³/mol. The highest BCUT2D eigenvalue weighted by Crippen LogP contribution is 2.13. The molecule has 0 spiro atoms. The van der Waals surface area contributed by atoms with Gasteiger partial charge in [-0.05, 0) is 34.5 Å². The van der Waals surface area contributed by atoms with Gasteiger partial charge in [-0.2, -0.15) is 21.0 Å². The summed E-state index contributed by atoms with van der Waals surface area (Å²) in [6.45, 7) is 0. The Kier molecular flexibility index (Phi) is 2.34. The van der Waals surface area contributed by atoms with E-state index in [2.05, 4.69) is 26.7 Å². The summed E-state index contributed by atoms with van der Waals surface area (Å²) in [5.74, 6) is 0.802. The Morgan fingerprint density at radius 2 is 2.19 bits per heavy atom. The summed E-state index contributed by atoms with van der Waals surface area (Å²) in [6, 6.07) is 5.58. The first-order valence-electron chi connectivity index (χ1n) is 4.71. The molecule has 0 unspecified atom stereocenters. The molecule has 0 amide bonds. The molecular formula is C10H7ClN4S. The number of hydrogen-bond donors (Lipinski definition) is 0. The average molecular weight is 251 g/mol. The van der Waals surface area contributed by atoms with Crippen molar-refractivity contribution < 1.29 is 0 Å². The molecule has 0 fully saturated rings. The van der Waals surface area contributed by atoms with Gasteiger partial charge in [0, 0.05) is 6.42 Å². The van der Waals surface area contributed by atoms with Crippen LogP contribution in [0.2, 0.25) is 5.15 Å². The summed E-state index contributed by atoms with van der Waals surface area (Å²) in [5.41, 5.74) is 1.93. The summed E-state index contributed by atoms with van der Waals surface area (Å²) in [6.07, 6.45) is 0.720. The molecule has 4 nitrogen and oxygen atoms in total. The topological polar surface area (TPSA) is 43.1 Å². The van der Waals surface area contributed by atoms with Crippen molar-refractivity contribution in [2.24, 2.45) is 0 Å². The molecule has 3 aromatic heterocycles. The van der Waals surface area contributed by atoms with Crippen molar-refractivity contribution in [2.45, 2.75) is 6.42 Å². The molecule has 3 heterocycles. The Hall–Kier alpha value is -1.46. The third-order valence-corrected chi connectivity index (χ3v) is 3.17. The van der Waals surface area contributed by atoms with Crippen molar-refractivity contribution in [2.75, 3.05) is 0 Å². The second-order valence-corrected chi connectivity index (χ2v) is 4.52. The van der Waals surface area contributed by atoms with E-state index in [9.17, 15) is 0 Å². The largest absolute Gasteiger partial charge is 0.196 e. The fraction of sp³-hybridized carbons (Fsp3) is 0.100. The van der Waals surface area contributed by atoms with Crippen molar-refractivity contribution in [1.82, 2.24) is 19.8 Å². The van der Waals surface area contributed by atoms with Gasteiger partial charge in [0.1, 0.15) is 5.15 Å². The van der Waals surface area contributed by atoms with Gasteiger partial charge in [-0.1, -0.05) is 11.6 Å². The van der Waals surface area contributed by atoms with Crippen molar-refractivity contribution in [3.05, 3.63) is 45.5 Å². The van der Waals surface area contributed by atoms with E-state index in [-0.39, 0.29) is 0 Å². The van der Waals surface area contributed by atoms with Gasteiger partial charge in [-0.3, -0.25) is 0 Å². The molecule has 0 saturated heterocycles. The molecule has 0 aliphatic carbocycles. The van der Waals surface area contributed by atoms with Crippen LogP contribution < -0.4 is 0 Å². The van der Waals surface area contributed by atoms with E-state index in [1.165, 1.54) is 5.56 Å². The summed E-state index contributed by atoms with van der Waals surface area (Å²) >= 11 is 7.51. The van der Waals surface area contributed by atoms with Crippen LogP contribution in [0.25, 0.3) is 5.65 Å². The molecule has 3 rings (SSSR count). The Labute approximate surface area is 101 Å². The molecule has 0 N–H and O–H groups in total. The van der Waals surface area contributed by atoms with E-state index in [4.69, 9.17) is 11.6 Å². The second kappa shape index (κ2) is 3.84. The molecule has 16 heavy (non-hydrogen) atoms. The quantitative estimate of drug-likeness (QED) is 0.702. The lowest BCUT2D eigenvalue weighted by Gasteiger charge is -1.97. The average Bonchev–Trinajstić information content (AvgIpc) is 2.90. The minimum atomic E-state index is 0.443. The highest BCUT2D eigenvalue weighted by Gasteiger charge is 2.07. The second-order valence-electron chi connectivity index (χ2n) is 3.35. The molecule has 0 bridgehead atoms. The number of halogens is 1. The highest BCUT2D eigenvalue weighted by atomic mass is 35.5. The van der Waals surface area contributed by atoms with Crippen molar-refractivity contribution in [3.8, 4) is 0 Å². The zero-order valence-corrected chi connectivity index (χ0v) is 9.74. The van der Waals surface area contributed by atoms with E-state index in [1.807, 2.05) is 5.38 Å². The lowest BCUT2D eigenvalue weighted by atomic mass is 10.2. The smallest absolute Gasteiger partial charge is 0.178 e. The molecule has 0 aliphatic heterocycles. The summed E-state index contributed by atoms with van der Waals surface area (Å²) in [4.78, 5) is 0. The maximum Gasteiger partial charge on any atom is 0.178 e. The Bertz CT molecular complexity index is 617. The van der Waals surface area contributed by atoms with E-state index in [0.717, 1.165) is 17.9 Å². The monoisotopic (exact) mass is 250 g/mol. The lowest BCUT2D eigenvalue weighted by Crippen LogP contribution is -1.99. The van der Waals surface area contributed by atoms with Gasteiger partial charge < -0.3 is 0 Å². The maximum atomic E-state index is 5.84. The standard InChI is InChI=1S/C10H7ClN4S/c11-8-1-2-9-12-13-10(15(9)14-8)5-7-3-4-16-6-7/h1-4,6H,5H2. The normalized spacial score (nSPS) is 11.1. The van der Waals surface area contributed by atoms with Gasteiger partial charge in [0.15, 0.2) is 11.5 Å². The lowest BCUT2D eigenvalue weighted by molar-refractivity contribution is 0.839. The summed E-state index contributed by atoms with van der Waals surface area (Å²) in [7, 11) is 0. The van der Waals surface area contributed by atoms with Gasteiger partial charge >= 0.3 is 0 Å². The number of thiophene rings is 1. The molecule has 0 aliphatic rings. The van der Waals surface area contributed by atoms with Crippen LogP contribution in [-0.2, 0) is 6.42 Å². The van der Waals surface area contributed by atoms with Gasteiger partial charge in [0.05, 0.1) is 0 Å². The first-order valence-corrected chi connectivity index (χ1v) is 6.03. The van der Waals surface area contributed by atoms with Gasteiger partial charge in [0.2, 0.25) is 0 Å². The van der Waals surface area contributed by atoms with Gasteiger partial charge in [0.25, 0.3) is 0 Å². The number of aromatic nitrogens is 4. The number of nitrogens with zero attached hydrogens (tertiary/aromatic N) is 4. The Balaban J connectivity index is 2.07. The highest BCUT2D eigenvalue weighted by molar-refractivity contribution is 7.07. The SMILES string of the molecule is Clc1ccc2nnc(Cc3ccsc3)n2n1. The molecule has 0 saturated carbocycles. The zero-order valence-electron chi connectivity index (χ0n) is 8.17. The molecule has 0 aromatic carbocycles. The van der Waals surface area contributed by atoms with Gasteiger partial charge in [-0.25, -0.2) is 0 Å². The maximum absolute atomic E-state index is 5.84. The molecule has 3 aromatic rings. The third kappa shape index (κ3) is 1.68. The van der Waals surface area contributed by atoms with Crippen LogP contribution in [0, 0.1) is 0 Å². The minimum absolute atomic E-state index is 0.443. The van der Waals surface area contributed by atoms with Gasteiger partial charge in [-0.15, -0.1) is 10.2 Å². The van der Waals surface area contributed by atoms with Crippen molar-refractivity contribution in [1.29, 1.82) is 0 Å². The van der Waals surface area contributed by atoms with Crippen LogP contribution in [-0.4, -0.2) is 19.8 Å². The molecule has 0 radical (unpaired) electrons. The van der Waals surface area contributed by atoms with Crippen LogP contribution in [0.4, 0.5) is 0 Å². The first kappa shape index (κ1) is 9.74. The molecule has 0 atom stereocenters. The van der Waals surface area contributed by atoms with Crippen LogP contribution in [0.1, 0.15) is 11.4 Å². The van der Waals surface area contributed by atoms with Crippen LogP contribution in [0.3, 0.4) is 0 Å². The zero-order chi connectivity index (χ0) is 11.0.